The minimum Gasteiger partial charge on any atom is -0.486 e. The Morgan fingerprint density at radius 3 is 2.74 bits per heavy atom. The van der Waals surface area contributed by atoms with Crippen LogP contribution in [0.3, 0.4) is 0 Å². The van der Waals surface area contributed by atoms with Crippen molar-refractivity contribution >= 4 is 5.97 Å². The summed E-state index contributed by atoms with van der Waals surface area (Å²) < 4.78 is 10.9. The van der Waals surface area contributed by atoms with Gasteiger partial charge >= 0.3 is 5.97 Å². The lowest BCUT2D eigenvalue weighted by molar-refractivity contribution is 0.0697. The predicted octanol–water partition coefficient (Wildman–Crippen LogP) is 2.22. The second-order valence-electron chi connectivity index (χ2n) is 4.06. The molecule has 1 aliphatic heterocycles. The molecule has 0 aliphatic carbocycles. The zero-order chi connectivity index (χ0) is 13.2. The fraction of sp³-hybridized carbons (Fsp3) is 0.143. The van der Waals surface area contributed by atoms with E-state index in [1.165, 1.54) is 6.07 Å². The first kappa shape index (κ1) is 11.5. The molecule has 0 bridgehead atoms. The Bertz CT molecular complexity index is 639. The van der Waals surface area contributed by atoms with Crippen molar-refractivity contribution in [3.63, 3.8) is 0 Å². The van der Waals surface area contributed by atoms with E-state index in [0.717, 1.165) is 0 Å². The zero-order valence-electron chi connectivity index (χ0n) is 10.00. The Balaban J connectivity index is 2.10. The Morgan fingerprint density at radius 1 is 1.16 bits per heavy atom. The van der Waals surface area contributed by atoms with E-state index in [0.29, 0.717) is 36.0 Å². The molecule has 0 radical (unpaired) electrons. The van der Waals surface area contributed by atoms with Crippen molar-refractivity contribution in [1.29, 1.82) is 0 Å². The Morgan fingerprint density at radius 2 is 1.95 bits per heavy atom. The quantitative estimate of drug-likeness (QED) is 0.893. The van der Waals surface area contributed by atoms with Crippen molar-refractivity contribution in [2.75, 3.05) is 13.2 Å². The maximum Gasteiger partial charge on any atom is 0.337 e. The maximum absolute atomic E-state index is 11.2. The minimum absolute atomic E-state index is 0.166. The molecule has 19 heavy (non-hydrogen) atoms. The summed E-state index contributed by atoms with van der Waals surface area (Å²) in [6.45, 7) is 1.01. The van der Waals surface area contributed by atoms with Gasteiger partial charge in [0.1, 0.15) is 13.2 Å². The third-order valence-corrected chi connectivity index (χ3v) is 2.85. The average molecular weight is 257 g/mol. The van der Waals surface area contributed by atoms with Gasteiger partial charge in [0.15, 0.2) is 11.5 Å². The van der Waals surface area contributed by atoms with Gasteiger partial charge in [0.05, 0.1) is 11.3 Å². The van der Waals surface area contributed by atoms with Crippen LogP contribution in [0.25, 0.3) is 11.3 Å². The number of carboxylic acids is 1. The number of carboxylic acid groups (broad SMARTS) is 1. The molecule has 0 unspecified atom stereocenters. The number of nitrogens with zero attached hydrogens (tertiary/aromatic N) is 1. The summed E-state index contributed by atoms with van der Waals surface area (Å²) in [4.78, 5) is 15.3. The fourth-order valence-electron chi connectivity index (χ4n) is 2.00. The van der Waals surface area contributed by atoms with Crippen LogP contribution in [0.15, 0.2) is 36.5 Å². The molecule has 1 aromatic heterocycles. The number of pyridine rings is 1. The number of hydrogen-bond acceptors (Lipinski definition) is 4. The van der Waals surface area contributed by atoms with Crippen molar-refractivity contribution in [2.24, 2.45) is 0 Å². The number of aromatic carboxylic acids is 1. The molecule has 0 fully saturated rings. The van der Waals surface area contributed by atoms with Gasteiger partial charge in [0, 0.05) is 11.8 Å². The SMILES string of the molecule is O=C(O)c1cccnc1-c1ccc2c(c1)OCCO2. The van der Waals surface area contributed by atoms with Crippen LogP contribution in [-0.4, -0.2) is 29.3 Å². The highest BCUT2D eigenvalue weighted by molar-refractivity contribution is 5.94. The lowest BCUT2D eigenvalue weighted by Gasteiger charge is -2.19. The number of hydrogen-bond donors (Lipinski definition) is 1. The predicted molar refractivity (Wildman–Crippen MR) is 67.6 cm³/mol. The number of benzene rings is 1. The third kappa shape index (κ3) is 2.10. The van der Waals surface area contributed by atoms with E-state index in [1.54, 1.807) is 30.5 Å². The fourth-order valence-corrected chi connectivity index (χ4v) is 2.00. The highest BCUT2D eigenvalue weighted by Gasteiger charge is 2.16. The van der Waals surface area contributed by atoms with Crippen LogP contribution < -0.4 is 9.47 Å². The number of aromatic nitrogens is 1. The molecule has 0 spiro atoms. The molecular weight excluding hydrogens is 246 g/mol. The van der Waals surface area contributed by atoms with Gasteiger partial charge < -0.3 is 14.6 Å². The van der Waals surface area contributed by atoms with Crippen LogP contribution in [0.5, 0.6) is 11.5 Å². The van der Waals surface area contributed by atoms with Crippen molar-refractivity contribution < 1.29 is 19.4 Å². The Hall–Kier alpha value is -2.56. The van der Waals surface area contributed by atoms with Crippen molar-refractivity contribution in [1.82, 2.24) is 4.98 Å². The molecule has 0 saturated heterocycles. The number of carbonyl (C=O) groups is 1. The van der Waals surface area contributed by atoms with Gasteiger partial charge in [0.2, 0.25) is 0 Å². The molecule has 2 heterocycles. The first-order valence-corrected chi connectivity index (χ1v) is 5.84. The topological polar surface area (TPSA) is 68.7 Å². The summed E-state index contributed by atoms with van der Waals surface area (Å²) in [5.41, 5.74) is 1.29. The smallest absolute Gasteiger partial charge is 0.337 e. The summed E-state index contributed by atoms with van der Waals surface area (Å²) in [5.74, 6) is 0.284. The van der Waals surface area contributed by atoms with Gasteiger partial charge in [-0.1, -0.05) is 0 Å². The van der Waals surface area contributed by atoms with E-state index in [2.05, 4.69) is 4.98 Å². The van der Waals surface area contributed by atoms with Crippen LogP contribution in [0, 0.1) is 0 Å². The summed E-state index contributed by atoms with van der Waals surface area (Å²) in [6, 6.07) is 8.43. The summed E-state index contributed by atoms with van der Waals surface area (Å²) in [6.07, 6.45) is 1.57. The molecular formula is C14H11NO4. The zero-order valence-corrected chi connectivity index (χ0v) is 10.00. The van der Waals surface area contributed by atoms with Crippen molar-refractivity contribution in [3.05, 3.63) is 42.1 Å². The van der Waals surface area contributed by atoms with Gasteiger partial charge in [0.25, 0.3) is 0 Å². The monoisotopic (exact) mass is 257 g/mol. The normalized spacial score (nSPS) is 13.1. The molecule has 1 aromatic carbocycles. The highest BCUT2D eigenvalue weighted by Crippen LogP contribution is 2.34. The highest BCUT2D eigenvalue weighted by atomic mass is 16.6. The van der Waals surface area contributed by atoms with E-state index in [-0.39, 0.29) is 5.56 Å². The van der Waals surface area contributed by atoms with Gasteiger partial charge in [-0.05, 0) is 30.3 Å². The molecule has 3 rings (SSSR count). The van der Waals surface area contributed by atoms with E-state index in [9.17, 15) is 4.79 Å². The molecule has 1 N–H and O–H groups in total. The van der Waals surface area contributed by atoms with Crippen LogP contribution >= 0.6 is 0 Å². The van der Waals surface area contributed by atoms with Gasteiger partial charge in [-0.3, -0.25) is 4.98 Å². The van der Waals surface area contributed by atoms with E-state index in [4.69, 9.17) is 14.6 Å². The van der Waals surface area contributed by atoms with Crippen LogP contribution in [0.2, 0.25) is 0 Å². The maximum atomic E-state index is 11.2. The molecule has 5 nitrogen and oxygen atoms in total. The lowest BCUT2D eigenvalue weighted by Crippen LogP contribution is -2.15. The van der Waals surface area contributed by atoms with Gasteiger partial charge in [-0.2, -0.15) is 0 Å². The van der Waals surface area contributed by atoms with Crippen molar-refractivity contribution in [3.8, 4) is 22.8 Å². The molecule has 0 amide bonds. The van der Waals surface area contributed by atoms with E-state index in [1.807, 2.05) is 0 Å². The largest absolute Gasteiger partial charge is 0.486 e. The number of rotatable bonds is 2. The summed E-state index contributed by atoms with van der Waals surface area (Å²) in [5, 5.41) is 9.17. The second-order valence-corrected chi connectivity index (χ2v) is 4.06. The van der Waals surface area contributed by atoms with Crippen LogP contribution in [0.1, 0.15) is 10.4 Å². The first-order valence-electron chi connectivity index (χ1n) is 5.84. The standard InChI is InChI=1S/C14H11NO4/c16-14(17)10-2-1-5-15-13(10)9-3-4-11-12(8-9)19-7-6-18-11/h1-5,8H,6-7H2,(H,16,17). The summed E-state index contributed by atoms with van der Waals surface area (Å²) >= 11 is 0. The number of fused-ring (bicyclic) bond motifs is 1. The second kappa shape index (κ2) is 4.61. The van der Waals surface area contributed by atoms with E-state index >= 15 is 0 Å². The van der Waals surface area contributed by atoms with Crippen molar-refractivity contribution in [2.45, 2.75) is 0 Å². The molecule has 0 atom stereocenters. The molecule has 0 saturated carbocycles. The lowest BCUT2D eigenvalue weighted by atomic mass is 10.1. The van der Waals surface area contributed by atoms with Gasteiger partial charge in [-0.25, -0.2) is 4.79 Å². The van der Waals surface area contributed by atoms with E-state index < -0.39 is 5.97 Å². The third-order valence-electron chi connectivity index (χ3n) is 2.85. The summed E-state index contributed by atoms with van der Waals surface area (Å²) in [7, 11) is 0. The van der Waals surface area contributed by atoms with Gasteiger partial charge in [-0.15, -0.1) is 0 Å². The Kier molecular flexibility index (Phi) is 2.79. The first-order chi connectivity index (χ1) is 9.25. The van der Waals surface area contributed by atoms with Crippen LogP contribution in [-0.2, 0) is 0 Å². The Labute approximate surface area is 109 Å². The molecule has 1 aliphatic rings. The minimum atomic E-state index is -1.00. The number of ether oxygens (including phenoxy) is 2. The molecule has 2 aromatic rings. The average Bonchev–Trinajstić information content (AvgIpc) is 2.46. The van der Waals surface area contributed by atoms with Crippen LogP contribution in [0.4, 0.5) is 0 Å². The molecule has 96 valence electrons. The molecule has 5 heteroatoms.